The number of pyridine rings is 2. The molecule has 6 aromatic rings. The van der Waals surface area contributed by atoms with E-state index >= 15 is 0 Å². The van der Waals surface area contributed by atoms with Gasteiger partial charge < -0.3 is 4.98 Å². The van der Waals surface area contributed by atoms with Crippen molar-refractivity contribution < 1.29 is 0 Å². The Morgan fingerprint density at radius 3 is 2.68 bits per heavy atom. The third-order valence-corrected chi connectivity index (χ3v) is 5.36. The summed E-state index contributed by atoms with van der Waals surface area (Å²) in [6.45, 7) is 2.08. The molecule has 0 saturated carbocycles. The number of benzene rings is 1. The van der Waals surface area contributed by atoms with Crippen LogP contribution in [0.4, 0.5) is 0 Å². The molecule has 8 nitrogen and oxygen atoms in total. The molecule has 0 aliphatic carbocycles. The van der Waals surface area contributed by atoms with Gasteiger partial charge in [0.2, 0.25) is 0 Å². The number of rotatable bonds is 3. The fourth-order valence-corrected chi connectivity index (χ4v) is 3.85. The van der Waals surface area contributed by atoms with Crippen molar-refractivity contribution in [2.45, 2.75) is 6.92 Å². The summed E-state index contributed by atoms with van der Waals surface area (Å²) in [5.74, 6) is 0.652. The molecule has 0 atom stereocenters. The quantitative estimate of drug-likeness (QED) is 0.457. The van der Waals surface area contributed by atoms with Crippen molar-refractivity contribution in [2.24, 2.45) is 7.05 Å². The fourth-order valence-electron chi connectivity index (χ4n) is 3.85. The van der Waals surface area contributed by atoms with E-state index in [4.69, 9.17) is 9.97 Å². The lowest BCUT2D eigenvalue weighted by molar-refractivity contribution is 0.768. The third-order valence-electron chi connectivity index (χ3n) is 5.36. The molecule has 0 aliphatic rings. The number of nitrogens with one attached hydrogen (secondary N) is 2. The normalized spacial score (nSPS) is 11.5. The number of hydrogen-bond donors (Lipinski definition) is 2. The highest BCUT2D eigenvalue weighted by molar-refractivity contribution is 5.95. The Bertz CT molecular complexity index is 1570. The van der Waals surface area contributed by atoms with Crippen LogP contribution in [0, 0.1) is 6.92 Å². The van der Waals surface area contributed by atoms with E-state index < -0.39 is 0 Å². The molecule has 1 aromatic carbocycles. The maximum atomic E-state index is 4.88. The Morgan fingerprint density at radius 2 is 1.84 bits per heavy atom. The molecule has 0 aliphatic heterocycles. The zero-order chi connectivity index (χ0) is 20.9. The minimum Gasteiger partial charge on any atom is -0.335 e. The van der Waals surface area contributed by atoms with Crippen LogP contribution in [0.25, 0.3) is 56.0 Å². The maximum Gasteiger partial charge on any atom is 0.161 e. The van der Waals surface area contributed by atoms with Crippen molar-refractivity contribution >= 4 is 22.1 Å². The monoisotopic (exact) mass is 406 g/mol. The Kier molecular flexibility index (Phi) is 3.73. The van der Waals surface area contributed by atoms with Gasteiger partial charge in [0.1, 0.15) is 5.52 Å². The number of aryl methyl sites for hydroxylation is 2. The first-order chi connectivity index (χ1) is 15.2. The van der Waals surface area contributed by atoms with Crippen LogP contribution in [0.5, 0.6) is 0 Å². The smallest absolute Gasteiger partial charge is 0.161 e. The van der Waals surface area contributed by atoms with Crippen LogP contribution in [0.1, 0.15) is 5.56 Å². The number of hydrogen-bond acceptors (Lipinski definition) is 5. The predicted octanol–water partition coefficient (Wildman–Crippen LogP) is 4.27. The number of aromatic amines is 2. The third kappa shape index (κ3) is 2.88. The van der Waals surface area contributed by atoms with Crippen molar-refractivity contribution in [2.75, 3.05) is 0 Å². The topological polar surface area (TPSA) is 101 Å². The molecule has 5 heterocycles. The summed E-state index contributed by atoms with van der Waals surface area (Å²) >= 11 is 0. The van der Waals surface area contributed by atoms with Gasteiger partial charge in [-0.3, -0.25) is 14.8 Å². The lowest BCUT2D eigenvalue weighted by Crippen LogP contribution is -1.87. The number of aromatic nitrogens is 8. The first kappa shape index (κ1) is 17.5. The standard InChI is InChI=1S/C23H18N8/c1-13-4-3-5-14(8-13)16-10-24-11-19-20(16)28-23(27-19)22-21-18(29-30-22)7-6-17(26-21)15-9-25-31(2)12-15/h3-12H,1-2H3,(H,27,28)(H,29,30). The molecule has 0 bridgehead atoms. The van der Waals surface area contributed by atoms with Gasteiger partial charge in [-0.1, -0.05) is 29.8 Å². The van der Waals surface area contributed by atoms with Gasteiger partial charge in [-0.05, 0) is 24.6 Å². The molecular weight excluding hydrogens is 388 g/mol. The average Bonchev–Trinajstić information content (AvgIpc) is 3.50. The van der Waals surface area contributed by atoms with Crippen molar-refractivity contribution in [1.82, 2.24) is 39.9 Å². The van der Waals surface area contributed by atoms with E-state index in [2.05, 4.69) is 50.4 Å². The predicted molar refractivity (Wildman–Crippen MR) is 119 cm³/mol. The summed E-state index contributed by atoms with van der Waals surface area (Å²) in [7, 11) is 1.89. The molecule has 2 N–H and O–H groups in total. The lowest BCUT2D eigenvalue weighted by Gasteiger charge is -2.03. The summed E-state index contributed by atoms with van der Waals surface area (Å²) in [5, 5.41) is 11.8. The van der Waals surface area contributed by atoms with Gasteiger partial charge in [-0.15, -0.1) is 0 Å². The largest absolute Gasteiger partial charge is 0.335 e. The second kappa shape index (κ2) is 6.60. The maximum absolute atomic E-state index is 4.88. The van der Waals surface area contributed by atoms with E-state index in [9.17, 15) is 0 Å². The molecule has 0 saturated heterocycles. The Hall–Kier alpha value is -4.33. The van der Waals surface area contributed by atoms with Gasteiger partial charge in [0.15, 0.2) is 11.5 Å². The van der Waals surface area contributed by atoms with E-state index in [0.29, 0.717) is 11.5 Å². The number of H-pyrrole nitrogens is 2. The van der Waals surface area contributed by atoms with Crippen LogP contribution in [0.2, 0.25) is 0 Å². The van der Waals surface area contributed by atoms with E-state index in [1.807, 2.05) is 37.6 Å². The minimum atomic E-state index is 0.652. The van der Waals surface area contributed by atoms with Crippen molar-refractivity contribution in [3.63, 3.8) is 0 Å². The summed E-state index contributed by atoms with van der Waals surface area (Å²) in [4.78, 5) is 17.5. The number of imidazole rings is 1. The highest BCUT2D eigenvalue weighted by Crippen LogP contribution is 2.31. The van der Waals surface area contributed by atoms with Crippen molar-refractivity contribution in [3.8, 4) is 33.9 Å². The van der Waals surface area contributed by atoms with Crippen LogP contribution in [0.3, 0.4) is 0 Å². The second-order valence-electron chi connectivity index (χ2n) is 7.61. The van der Waals surface area contributed by atoms with Gasteiger partial charge in [0.25, 0.3) is 0 Å². The molecule has 6 rings (SSSR count). The zero-order valence-electron chi connectivity index (χ0n) is 17.0. The SMILES string of the molecule is Cc1cccc(-c2cncc3[nH]c(-c4n[nH]c5ccc(-c6cnn(C)c6)nc45)nc23)c1. The van der Waals surface area contributed by atoms with Crippen LogP contribution in [0.15, 0.2) is 61.2 Å². The Morgan fingerprint density at radius 1 is 0.903 bits per heavy atom. The van der Waals surface area contributed by atoms with Gasteiger partial charge in [0.05, 0.1) is 34.6 Å². The molecule has 0 unspecified atom stereocenters. The van der Waals surface area contributed by atoms with Gasteiger partial charge >= 0.3 is 0 Å². The van der Waals surface area contributed by atoms with Crippen LogP contribution in [-0.4, -0.2) is 39.9 Å². The Labute approximate surface area is 177 Å². The van der Waals surface area contributed by atoms with Crippen LogP contribution in [-0.2, 0) is 7.05 Å². The summed E-state index contributed by atoms with van der Waals surface area (Å²) in [6.07, 6.45) is 7.38. The highest BCUT2D eigenvalue weighted by atomic mass is 15.2. The molecule has 31 heavy (non-hydrogen) atoms. The van der Waals surface area contributed by atoms with Gasteiger partial charge in [-0.25, -0.2) is 9.97 Å². The van der Waals surface area contributed by atoms with E-state index in [-0.39, 0.29) is 0 Å². The molecule has 150 valence electrons. The first-order valence-electron chi connectivity index (χ1n) is 9.91. The molecule has 0 radical (unpaired) electrons. The van der Waals surface area contributed by atoms with Crippen LogP contribution < -0.4 is 0 Å². The highest BCUT2D eigenvalue weighted by Gasteiger charge is 2.17. The lowest BCUT2D eigenvalue weighted by atomic mass is 10.0. The summed E-state index contributed by atoms with van der Waals surface area (Å²) < 4.78 is 1.76. The second-order valence-corrected chi connectivity index (χ2v) is 7.61. The first-order valence-corrected chi connectivity index (χ1v) is 9.91. The average molecular weight is 406 g/mol. The molecule has 0 amide bonds. The molecular formula is C23H18N8. The number of nitrogens with zero attached hydrogens (tertiary/aromatic N) is 6. The van der Waals surface area contributed by atoms with E-state index in [1.165, 1.54) is 5.56 Å². The molecule has 0 fully saturated rings. The van der Waals surface area contributed by atoms with E-state index in [0.717, 1.165) is 44.5 Å². The number of fused-ring (bicyclic) bond motifs is 2. The molecule has 5 aromatic heterocycles. The Balaban J connectivity index is 1.51. The molecule has 8 heteroatoms. The summed E-state index contributed by atoms with van der Waals surface area (Å²) in [6, 6.07) is 12.3. The van der Waals surface area contributed by atoms with Gasteiger partial charge in [0, 0.05) is 30.6 Å². The van der Waals surface area contributed by atoms with Crippen molar-refractivity contribution in [1.29, 1.82) is 0 Å². The fraction of sp³-hybridized carbons (Fsp3) is 0.0870. The van der Waals surface area contributed by atoms with E-state index in [1.54, 1.807) is 17.1 Å². The zero-order valence-corrected chi connectivity index (χ0v) is 17.0. The van der Waals surface area contributed by atoms with Crippen LogP contribution >= 0.6 is 0 Å². The van der Waals surface area contributed by atoms with Crippen molar-refractivity contribution in [3.05, 3.63) is 66.7 Å². The minimum absolute atomic E-state index is 0.652. The summed E-state index contributed by atoms with van der Waals surface area (Å²) in [5.41, 5.74) is 9.03. The molecule has 0 spiro atoms. The van der Waals surface area contributed by atoms with Gasteiger partial charge in [-0.2, -0.15) is 10.2 Å².